The van der Waals surface area contributed by atoms with E-state index < -0.39 is 0 Å². The van der Waals surface area contributed by atoms with Crippen molar-refractivity contribution in [2.75, 3.05) is 19.8 Å². The zero-order valence-electron chi connectivity index (χ0n) is 26.3. The monoisotopic (exact) mass is 580 g/mol. The van der Waals surface area contributed by atoms with Gasteiger partial charge in [-0.25, -0.2) is 9.59 Å². The van der Waals surface area contributed by atoms with Gasteiger partial charge in [0.05, 0.1) is 13.2 Å². The molecule has 1 saturated carbocycles. The molecular formula is C34H52N4O4. The number of carbonyl (C=O) groups excluding carboxylic acids is 2. The van der Waals surface area contributed by atoms with E-state index in [0.717, 1.165) is 67.6 Å². The van der Waals surface area contributed by atoms with E-state index in [1.54, 1.807) is 0 Å². The molecule has 42 heavy (non-hydrogen) atoms. The van der Waals surface area contributed by atoms with Gasteiger partial charge in [0.1, 0.15) is 11.5 Å². The standard InChI is InChI=1S/C34H52N4O4/c1-6-8-18-41-29-16-12-10-14-26(29)22-35-31(39)37-25-34(5)21-28(20-33(3,4)24-34)38-32(40)36-23-27-15-11-13-17-30(27)42-19-9-7-2/h10-17,28H,6-9,18-25H2,1-5H3,(H2,35,37,39)(H2,36,38,40)/t28-,34+/m1/s1. The second-order valence-electron chi connectivity index (χ2n) is 12.7. The van der Waals surface area contributed by atoms with Crippen molar-refractivity contribution in [3.63, 3.8) is 0 Å². The number of urea groups is 2. The molecule has 0 unspecified atom stereocenters. The van der Waals surface area contributed by atoms with Crippen LogP contribution in [0.15, 0.2) is 48.5 Å². The van der Waals surface area contributed by atoms with Crippen LogP contribution in [0.1, 0.15) is 90.7 Å². The lowest BCUT2D eigenvalue weighted by Crippen LogP contribution is -2.52. The number of para-hydroxylation sites is 2. The molecule has 2 atom stereocenters. The summed E-state index contributed by atoms with van der Waals surface area (Å²) in [5.74, 6) is 1.63. The first kappa shape index (κ1) is 33.1. The van der Waals surface area contributed by atoms with E-state index >= 15 is 0 Å². The molecule has 3 rings (SSSR count). The first-order valence-corrected chi connectivity index (χ1v) is 15.6. The lowest BCUT2D eigenvalue weighted by atomic mass is 9.62. The molecule has 0 saturated heterocycles. The molecule has 8 nitrogen and oxygen atoms in total. The highest BCUT2D eigenvalue weighted by Crippen LogP contribution is 2.45. The molecule has 2 aromatic carbocycles. The lowest BCUT2D eigenvalue weighted by Gasteiger charge is -2.46. The van der Waals surface area contributed by atoms with Crippen LogP contribution in [0, 0.1) is 10.8 Å². The van der Waals surface area contributed by atoms with E-state index in [2.05, 4.69) is 55.9 Å². The van der Waals surface area contributed by atoms with Crippen LogP contribution in [-0.4, -0.2) is 37.9 Å². The van der Waals surface area contributed by atoms with Crippen molar-refractivity contribution in [2.45, 2.75) is 98.7 Å². The topological polar surface area (TPSA) is 101 Å². The maximum atomic E-state index is 12.9. The molecule has 0 aromatic heterocycles. The van der Waals surface area contributed by atoms with Gasteiger partial charge in [-0.1, -0.05) is 83.9 Å². The molecule has 0 aliphatic heterocycles. The summed E-state index contributed by atoms with van der Waals surface area (Å²) in [5.41, 5.74) is 1.79. The van der Waals surface area contributed by atoms with E-state index in [4.69, 9.17) is 9.47 Å². The number of benzene rings is 2. The van der Waals surface area contributed by atoms with Crippen molar-refractivity contribution in [3.05, 3.63) is 59.7 Å². The number of rotatable bonds is 15. The van der Waals surface area contributed by atoms with Gasteiger partial charge in [-0.3, -0.25) is 0 Å². The third-order valence-electron chi connectivity index (χ3n) is 7.79. The largest absolute Gasteiger partial charge is 0.493 e. The molecule has 0 bridgehead atoms. The van der Waals surface area contributed by atoms with E-state index in [0.29, 0.717) is 32.8 Å². The van der Waals surface area contributed by atoms with Crippen LogP contribution in [-0.2, 0) is 13.1 Å². The minimum atomic E-state index is -0.204. The summed E-state index contributed by atoms with van der Waals surface area (Å²) < 4.78 is 11.8. The zero-order chi connectivity index (χ0) is 30.4. The first-order chi connectivity index (χ1) is 20.1. The minimum absolute atomic E-state index is 0.00630. The average Bonchev–Trinajstić information content (AvgIpc) is 2.94. The molecule has 4 N–H and O–H groups in total. The number of nitrogens with one attached hydrogen (secondary N) is 4. The third kappa shape index (κ3) is 11.1. The Balaban J connectivity index is 1.49. The predicted molar refractivity (Wildman–Crippen MR) is 169 cm³/mol. The van der Waals surface area contributed by atoms with Crippen LogP contribution in [0.2, 0.25) is 0 Å². The zero-order valence-corrected chi connectivity index (χ0v) is 26.3. The number of hydrogen-bond acceptors (Lipinski definition) is 4. The number of ether oxygens (including phenoxy) is 2. The lowest BCUT2D eigenvalue weighted by molar-refractivity contribution is 0.0749. The summed E-state index contributed by atoms with van der Waals surface area (Å²) in [6.45, 7) is 13.6. The Labute approximate surface area is 252 Å². The summed E-state index contributed by atoms with van der Waals surface area (Å²) in [5, 5.41) is 12.3. The van der Waals surface area contributed by atoms with Gasteiger partial charge in [-0.05, 0) is 55.1 Å². The van der Waals surface area contributed by atoms with E-state index in [1.165, 1.54) is 0 Å². The Morgan fingerprint density at radius 3 is 1.83 bits per heavy atom. The number of carbonyl (C=O) groups is 2. The van der Waals surface area contributed by atoms with Crippen molar-refractivity contribution in [1.29, 1.82) is 0 Å². The fourth-order valence-electron chi connectivity index (χ4n) is 6.05. The van der Waals surface area contributed by atoms with Gasteiger partial charge >= 0.3 is 12.1 Å². The third-order valence-corrected chi connectivity index (χ3v) is 7.79. The molecule has 4 amide bonds. The van der Waals surface area contributed by atoms with Gasteiger partial charge in [0.15, 0.2) is 0 Å². The Morgan fingerprint density at radius 1 is 0.762 bits per heavy atom. The minimum Gasteiger partial charge on any atom is -0.493 e. The van der Waals surface area contributed by atoms with Crippen molar-refractivity contribution >= 4 is 12.1 Å². The maximum Gasteiger partial charge on any atom is 0.315 e. The Bertz CT molecular complexity index is 1140. The van der Waals surface area contributed by atoms with Gasteiger partial charge in [0.2, 0.25) is 0 Å². The second kappa shape index (κ2) is 16.3. The molecular weight excluding hydrogens is 528 g/mol. The van der Waals surface area contributed by atoms with Crippen LogP contribution in [0.3, 0.4) is 0 Å². The number of hydrogen-bond donors (Lipinski definition) is 4. The molecule has 1 fully saturated rings. The van der Waals surface area contributed by atoms with Gasteiger partial charge in [0, 0.05) is 36.8 Å². The van der Waals surface area contributed by atoms with Crippen LogP contribution in [0.25, 0.3) is 0 Å². The summed E-state index contributed by atoms with van der Waals surface area (Å²) in [7, 11) is 0. The number of amides is 4. The van der Waals surface area contributed by atoms with Gasteiger partial charge in [-0.15, -0.1) is 0 Å². The van der Waals surface area contributed by atoms with Gasteiger partial charge in [-0.2, -0.15) is 0 Å². The molecule has 0 radical (unpaired) electrons. The summed E-state index contributed by atoms with van der Waals surface area (Å²) >= 11 is 0. The highest BCUT2D eigenvalue weighted by Gasteiger charge is 2.41. The fraction of sp³-hybridized carbons (Fsp3) is 0.588. The SMILES string of the molecule is CCCCOc1ccccc1CNC(=O)NC[C@@]1(C)C[C@H](NC(=O)NCc2ccccc2OCCCC)CC(C)(C)C1. The van der Waals surface area contributed by atoms with Crippen molar-refractivity contribution in [2.24, 2.45) is 10.8 Å². The molecule has 232 valence electrons. The van der Waals surface area contributed by atoms with Crippen molar-refractivity contribution in [3.8, 4) is 11.5 Å². The predicted octanol–water partition coefficient (Wildman–Crippen LogP) is 6.93. The van der Waals surface area contributed by atoms with E-state index in [9.17, 15) is 9.59 Å². The van der Waals surface area contributed by atoms with Crippen molar-refractivity contribution < 1.29 is 19.1 Å². The quantitative estimate of drug-likeness (QED) is 0.172. The van der Waals surface area contributed by atoms with Crippen LogP contribution in [0.5, 0.6) is 11.5 Å². The molecule has 0 spiro atoms. The summed E-state index contributed by atoms with van der Waals surface area (Å²) in [4.78, 5) is 25.7. The van der Waals surface area contributed by atoms with Crippen LogP contribution >= 0.6 is 0 Å². The Kier molecular flexibility index (Phi) is 12.8. The van der Waals surface area contributed by atoms with E-state index in [-0.39, 0.29) is 28.9 Å². The highest BCUT2D eigenvalue weighted by atomic mass is 16.5. The average molecular weight is 581 g/mol. The molecule has 1 aliphatic rings. The van der Waals surface area contributed by atoms with E-state index in [1.807, 2.05) is 48.5 Å². The van der Waals surface area contributed by atoms with Crippen LogP contribution < -0.4 is 30.7 Å². The summed E-state index contributed by atoms with van der Waals surface area (Å²) in [6.07, 6.45) is 6.76. The highest BCUT2D eigenvalue weighted by molar-refractivity contribution is 5.74. The molecule has 0 heterocycles. The Morgan fingerprint density at radius 2 is 1.29 bits per heavy atom. The van der Waals surface area contributed by atoms with Gasteiger partial charge < -0.3 is 30.7 Å². The van der Waals surface area contributed by atoms with Crippen molar-refractivity contribution in [1.82, 2.24) is 21.3 Å². The summed E-state index contributed by atoms with van der Waals surface area (Å²) in [6, 6.07) is 15.3. The number of unbranched alkanes of at least 4 members (excludes halogenated alkanes) is 2. The fourth-order valence-corrected chi connectivity index (χ4v) is 6.05. The smallest absolute Gasteiger partial charge is 0.315 e. The molecule has 8 heteroatoms. The Hall–Kier alpha value is -3.42. The molecule has 1 aliphatic carbocycles. The normalized spacial score (nSPS) is 19.4. The molecule has 2 aromatic rings. The van der Waals surface area contributed by atoms with Crippen LogP contribution in [0.4, 0.5) is 9.59 Å². The van der Waals surface area contributed by atoms with Gasteiger partial charge in [0.25, 0.3) is 0 Å². The second-order valence-corrected chi connectivity index (χ2v) is 12.7. The first-order valence-electron chi connectivity index (χ1n) is 15.6. The maximum absolute atomic E-state index is 12.9.